The minimum absolute atomic E-state index is 0.0620. The highest BCUT2D eigenvalue weighted by Crippen LogP contribution is 2.41. The first-order valence-corrected chi connectivity index (χ1v) is 7.80. The van der Waals surface area contributed by atoms with Gasteiger partial charge < -0.3 is 9.47 Å². The van der Waals surface area contributed by atoms with Crippen molar-refractivity contribution in [3.63, 3.8) is 0 Å². The molecule has 0 saturated heterocycles. The molecule has 1 unspecified atom stereocenters. The van der Waals surface area contributed by atoms with E-state index in [1.165, 1.54) is 31.2 Å². The van der Waals surface area contributed by atoms with Gasteiger partial charge in [-0.2, -0.15) is 0 Å². The zero-order valence-electron chi connectivity index (χ0n) is 13.4. The molecule has 0 saturated carbocycles. The molecule has 0 heterocycles. The molecule has 1 aromatic carbocycles. The van der Waals surface area contributed by atoms with Crippen molar-refractivity contribution < 1.29 is 27.8 Å². The maximum atomic E-state index is 13.6. The molecule has 0 bridgehead atoms. The number of hydrogen-bond acceptors (Lipinski definition) is 4. The average molecular weight is 393 g/mol. The van der Waals surface area contributed by atoms with Crippen LogP contribution in [0.25, 0.3) is 0 Å². The fourth-order valence-corrected chi connectivity index (χ4v) is 2.32. The van der Waals surface area contributed by atoms with Crippen molar-refractivity contribution in [1.82, 2.24) is 0 Å². The molecule has 0 fully saturated rings. The standard InChI is InChI=1S/C16H19BrF2O4/c1-5-22-14(21)16(17,13(18)19)11-9-7-6-8-10(11)12(20)23-15(2,3)4/h6-9,13H,5H2,1-4H3. The van der Waals surface area contributed by atoms with Gasteiger partial charge in [0.2, 0.25) is 4.32 Å². The van der Waals surface area contributed by atoms with E-state index in [4.69, 9.17) is 9.47 Å². The van der Waals surface area contributed by atoms with Gasteiger partial charge in [0.1, 0.15) is 5.60 Å². The molecule has 0 N–H and O–H groups in total. The Kier molecular flexibility index (Phi) is 6.27. The first-order chi connectivity index (χ1) is 10.5. The second-order valence-electron chi connectivity index (χ2n) is 5.78. The van der Waals surface area contributed by atoms with Crippen molar-refractivity contribution in [3.8, 4) is 0 Å². The Balaban J connectivity index is 3.40. The average Bonchev–Trinajstić information content (AvgIpc) is 2.44. The van der Waals surface area contributed by atoms with Gasteiger partial charge in [-0.25, -0.2) is 18.4 Å². The van der Waals surface area contributed by atoms with Gasteiger partial charge in [0, 0.05) is 5.56 Å². The molecule has 1 aromatic rings. The van der Waals surface area contributed by atoms with Gasteiger partial charge in [-0.1, -0.05) is 34.1 Å². The van der Waals surface area contributed by atoms with Crippen LogP contribution in [0.15, 0.2) is 24.3 Å². The molecular weight excluding hydrogens is 374 g/mol. The molecule has 0 aromatic heterocycles. The molecule has 0 radical (unpaired) electrons. The van der Waals surface area contributed by atoms with Gasteiger partial charge in [-0.15, -0.1) is 0 Å². The fourth-order valence-electron chi connectivity index (χ4n) is 1.86. The summed E-state index contributed by atoms with van der Waals surface area (Å²) in [5.74, 6) is -1.95. The van der Waals surface area contributed by atoms with Crippen LogP contribution in [0.3, 0.4) is 0 Å². The van der Waals surface area contributed by atoms with E-state index in [-0.39, 0.29) is 17.7 Å². The summed E-state index contributed by atoms with van der Waals surface area (Å²) in [7, 11) is 0. The summed E-state index contributed by atoms with van der Waals surface area (Å²) in [6.45, 7) is 6.43. The van der Waals surface area contributed by atoms with E-state index in [2.05, 4.69) is 15.9 Å². The molecule has 4 nitrogen and oxygen atoms in total. The van der Waals surface area contributed by atoms with Crippen LogP contribution in [0.2, 0.25) is 0 Å². The number of hydrogen-bond donors (Lipinski definition) is 0. The lowest BCUT2D eigenvalue weighted by Crippen LogP contribution is -2.40. The van der Waals surface area contributed by atoms with Crippen molar-refractivity contribution >= 4 is 27.9 Å². The Bertz CT molecular complexity index is 584. The van der Waals surface area contributed by atoms with Gasteiger partial charge in [0.25, 0.3) is 6.43 Å². The van der Waals surface area contributed by atoms with Crippen LogP contribution in [-0.4, -0.2) is 30.6 Å². The summed E-state index contributed by atoms with van der Waals surface area (Å²) < 4.78 is 34.8. The number of halogens is 3. The minimum atomic E-state index is -3.12. The number of carbonyl (C=O) groups excluding carboxylic acids is 2. The van der Waals surface area contributed by atoms with Gasteiger partial charge >= 0.3 is 11.9 Å². The fraction of sp³-hybridized carbons (Fsp3) is 0.500. The quantitative estimate of drug-likeness (QED) is 0.559. The van der Waals surface area contributed by atoms with Crippen LogP contribution in [-0.2, 0) is 18.6 Å². The zero-order chi connectivity index (χ0) is 17.8. The van der Waals surface area contributed by atoms with Crippen LogP contribution in [0, 0.1) is 0 Å². The van der Waals surface area contributed by atoms with E-state index in [0.29, 0.717) is 0 Å². The number of esters is 2. The monoisotopic (exact) mass is 392 g/mol. The summed E-state index contributed by atoms with van der Waals surface area (Å²) in [6.07, 6.45) is -3.12. The highest BCUT2D eigenvalue weighted by Gasteiger charge is 2.50. The highest BCUT2D eigenvalue weighted by molar-refractivity contribution is 9.10. The van der Waals surface area contributed by atoms with E-state index in [1.807, 2.05) is 0 Å². The Morgan fingerprint density at radius 1 is 1.22 bits per heavy atom. The predicted molar refractivity (Wildman–Crippen MR) is 84.9 cm³/mol. The number of carbonyl (C=O) groups is 2. The van der Waals surface area contributed by atoms with Crippen molar-refractivity contribution in [2.75, 3.05) is 6.61 Å². The molecular formula is C16H19BrF2O4. The molecule has 128 valence electrons. The van der Waals surface area contributed by atoms with Crippen LogP contribution in [0.1, 0.15) is 43.6 Å². The Hall–Kier alpha value is -1.50. The molecule has 7 heteroatoms. The molecule has 0 aliphatic carbocycles. The maximum absolute atomic E-state index is 13.6. The lowest BCUT2D eigenvalue weighted by atomic mass is 9.94. The smallest absolute Gasteiger partial charge is 0.338 e. The third kappa shape index (κ3) is 4.50. The topological polar surface area (TPSA) is 52.6 Å². The Labute approximate surface area is 142 Å². The number of rotatable bonds is 5. The lowest BCUT2D eigenvalue weighted by molar-refractivity contribution is -0.150. The maximum Gasteiger partial charge on any atom is 0.338 e. The van der Waals surface area contributed by atoms with Gasteiger partial charge in [0.15, 0.2) is 0 Å². The number of benzene rings is 1. The normalized spacial score (nSPS) is 14.3. The first-order valence-electron chi connectivity index (χ1n) is 7.01. The van der Waals surface area contributed by atoms with Crippen LogP contribution in [0.4, 0.5) is 8.78 Å². The molecule has 23 heavy (non-hydrogen) atoms. The second-order valence-corrected chi connectivity index (χ2v) is 7.03. The summed E-state index contributed by atoms with van der Waals surface area (Å²) in [6, 6.07) is 5.58. The van der Waals surface area contributed by atoms with E-state index < -0.39 is 28.3 Å². The van der Waals surface area contributed by atoms with Gasteiger partial charge in [-0.05, 0) is 33.8 Å². The van der Waals surface area contributed by atoms with E-state index in [0.717, 1.165) is 0 Å². The van der Waals surface area contributed by atoms with Crippen LogP contribution >= 0.6 is 15.9 Å². The highest BCUT2D eigenvalue weighted by atomic mass is 79.9. The molecule has 1 rings (SSSR count). The Morgan fingerprint density at radius 3 is 2.26 bits per heavy atom. The van der Waals surface area contributed by atoms with Crippen molar-refractivity contribution in [1.29, 1.82) is 0 Å². The lowest BCUT2D eigenvalue weighted by Gasteiger charge is -2.27. The van der Waals surface area contributed by atoms with Crippen LogP contribution < -0.4 is 0 Å². The molecule has 0 aliphatic rings. The molecule has 1 atom stereocenters. The molecule has 0 spiro atoms. The minimum Gasteiger partial charge on any atom is -0.465 e. The summed E-state index contributed by atoms with van der Waals surface area (Å²) in [4.78, 5) is 24.4. The summed E-state index contributed by atoms with van der Waals surface area (Å²) in [5, 5.41) is 0. The zero-order valence-corrected chi connectivity index (χ0v) is 14.9. The van der Waals surface area contributed by atoms with Gasteiger partial charge in [-0.3, -0.25) is 0 Å². The van der Waals surface area contributed by atoms with Crippen molar-refractivity contribution in [3.05, 3.63) is 35.4 Å². The predicted octanol–water partition coefficient (Wildman–Crippen LogP) is 4.06. The summed E-state index contributed by atoms with van der Waals surface area (Å²) >= 11 is 2.79. The van der Waals surface area contributed by atoms with Crippen molar-refractivity contribution in [2.45, 2.75) is 44.0 Å². The third-order valence-corrected chi connectivity index (χ3v) is 3.91. The van der Waals surface area contributed by atoms with E-state index in [1.54, 1.807) is 20.8 Å². The van der Waals surface area contributed by atoms with E-state index >= 15 is 0 Å². The second kappa shape index (κ2) is 7.38. The summed E-state index contributed by atoms with van der Waals surface area (Å²) in [5.41, 5.74) is -1.11. The number of ether oxygens (including phenoxy) is 2. The first kappa shape index (κ1) is 19.5. The Morgan fingerprint density at radius 2 is 1.78 bits per heavy atom. The number of alkyl halides is 3. The van der Waals surface area contributed by atoms with E-state index in [9.17, 15) is 18.4 Å². The molecule has 0 aliphatic heterocycles. The third-order valence-electron chi connectivity index (χ3n) is 2.81. The van der Waals surface area contributed by atoms with Gasteiger partial charge in [0.05, 0.1) is 12.2 Å². The van der Waals surface area contributed by atoms with Crippen LogP contribution in [0.5, 0.6) is 0 Å². The molecule has 0 amide bonds. The largest absolute Gasteiger partial charge is 0.465 e. The SMILES string of the molecule is CCOC(=O)C(Br)(c1ccccc1C(=O)OC(C)(C)C)C(F)F. The van der Waals surface area contributed by atoms with Crippen molar-refractivity contribution in [2.24, 2.45) is 0 Å².